The molecule has 0 amide bonds. The summed E-state index contributed by atoms with van der Waals surface area (Å²) in [4.78, 5) is 2.85. The first-order valence-electron chi connectivity index (χ1n) is 1.69. The van der Waals surface area contributed by atoms with Crippen molar-refractivity contribution >= 4 is 0 Å². The van der Waals surface area contributed by atoms with Crippen LogP contribution in [-0.2, 0) is 4.94 Å². The molecule has 0 aromatic heterocycles. The molecule has 7 heavy (non-hydrogen) atoms. The quantitative estimate of drug-likeness (QED) is 0.267. The van der Waals surface area contributed by atoms with Crippen LogP contribution in [0.3, 0.4) is 0 Å². The third-order valence-corrected chi connectivity index (χ3v) is 0.551. The first-order valence-corrected chi connectivity index (χ1v) is 1.69. The molecule has 0 radical (unpaired) electrons. The number of nitrogens with zero attached hydrogens (tertiary/aromatic N) is 1. The third kappa shape index (κ3) is 0.855. The largest absolute Gasteiger partial charge is 0.571 e. The van der Waals surface area contributed by atoms with Gasteiger partial charge in [-0.15, -0.1) is 0 Å². The summed E-state index contributed by atoms with van der Waals surface area (Å²) in [6.07, 6.45) is 0. The Kier molecular flexibility index (Phi) is 0.790. The molecule has 1 aliphatic rings. The second kappa shape index (κ2) is 1.13. The Balaban J connectivity index is 2.29. The number of quaternary nitrogens is 2. The fraction of sp³-hybridized carbons (Fsp3) is 1.00. The smallest absolute Gasteiger partial charge is 0.129 e. The summed E-state index contributed by atoms with van der Waals surface area (Å²) in [7, 11) is 1.17. The van der Waals surface area contributed by atoms with Gasteiger partial charge in [0.25, 0.3) is 0 Å². The van der Waals surface area contributed by atoms with Gasteiger partial charge in [0.2, 0.25) is 0 Å². The number of hydroxylamine groups is 2. The molecule has 1 fully saturated rings. The van der Waals surface area contributed by atoms with Gasteiger partial charge in [-0.3, -0.25) is 0 Å². The minimum absolute atomic E-state index is 0.669. The Bertz CT molecular complexity index is 74.2. The van der Waals surface area contributed by atoms with Crippen LogP contribution in [0.4, 0.5) is 0 Å². The maximum absolute atomic E-state index is 10.2. The van der Waals surface area contributed by atoms with Gasteiger partial charge in [0.05, 0.1) is 5.53 Å². The lowest BCUT2D eigenvalue weighted by Crippen LogP contribution is -3.27. The fourth-order valence-electron chi connectivity index (χ4n) is 0.328. The summed E-state index contributed by atoms with van der Waals surface area (Å²) in [5.74, 6) is 0. The van der Waals surface area contributed by atoms with Crippen molar-refractivity contribution in [2.75, 3.05) is 7.05 Å². The lowest BCUT2D eigenvalue weighted by molar-refractivity contribution is -1.51. The molecule has 1 saturated heterocycles. The Hall–Kier alpha value is -0.240. The highest BCUT2D eigenvalue weighted by Gasteiger charge is 2.33. The van der Waals surface area contributed by atoms with Crippen LogP contribution in [-0.4, -0.2) is 12.0 Å². The molecule has 2 unspecified atom stereocenters. The Morgan fingerprint density at radius 3 is 2.29 bits per heavy atom. The van der Waals surface area contributed by atoms with Crippen LogP contribution >= 0.6 is 0 Å². The van der Waals surface area contributed by atoms with E-state index >= 15 is 0 Å². The van der Waals surface area contributed by atoms with Crippen LogP contribution in [0.25, 0.3) is 0 Å². The molecule has 42 valence electrons. The van der Waals surface area contributed by atoms with Crippen molar-refractivity contribution in [2.45, 2.75) is 0 Å². The monoisotopic (exact) mass is 107 g/mol. The van der Waals surface area contributed by atoms with Crippen molar-refractivity contribution in [3.05, 3.63) is 10.4 Å². The molecule has 0 aromatic carbocycles. The lowest BCUT2D eigenvalue weighted by atomic mass is 11.4. The third-order valence-electron chi connectivity index (χ3n) is 0.551. The molecule has 1 rings (SSSR count). The normalized spacial score (nSPS) is 51.0. The molecule has 0 spiro atoms. The van der Waals surface area contributed by atoms with Crippen molar-refractivity contribution in [2.24, 2.45) is 0 Å². The van der Waals surface area contributed by atoms with Crippen LogP contribution in [0.2, 0.25) is 0 Å². The molecular formula is CH5N3O3. The zero-order valence-electron chi connectivity index (χ0n) is 3.67. The van der Waals surface area contributed by atoms with Crippen molar-refractivity contribution in [1.82, 2.24) is 5.53 Å². The van der Waals surface area contributed by atoms with E-state index in [0.717, 1.165) is 0 Å². The van der Waals surface area contributed by atoms with Crippen LogP contribution < -0.4 is 10.9 Å². The van der Waals surface area contributed by atoms with Gasteiger partial charge in [0, 0.05) is 4.94 Å². The van der Waals surface area contributed by atoms with E-state index in [1.807, 2.05) is 5.53 Å². The zero-order valence-corrected chi connectivity index (χ0v) is 3.67. The molecule has 0 aliphatic carbocycles. The van der Waals surface area contributed by atoms with Crippen molar-refractivity contribution < 1.29 is 15.2 Å². The first-order chi connectivity index (χ1) is 3.10. The Morgan fingerprint density at radius 1 is 1.86 bits per heavy atom. The summed E-state index contributed by atoms with van der Waals surface area (Å²) in [5.41, 5.74) is 1.90. The minimum atomic E-state index is -1.11. The molecule has 6 nitrogen and oxygen atoms in total. The molecule has 2 atom stereocenters. The van der Waals surface area contributed by atoms with Crippen molar-refractivity contribution in [3.63, 3.8) is 0 Å². The molecule has 6 heteroatoms. The number of nitrogens with one attached hydrogen (secondary N) is 2. The first kappa shape index (κ1) is 4.91. The van der Waals surface area contributed by atoms with E-state index in [9.17, 15) is 10.4 Å². The summed E-state index contributed by atoms with van der Waals surface area (Å²) in [6, 6.07) is 0. The molecule has 2 N–H and O–H groups in total. The summed E-state index contributed by atoms with van der Waals surface area (Å²) >= 11 is 0. The molecule has 0 aromatic rings. The fourth-order valence-corrected chi connectivity index (χ4v) is 0.328. The highest BCUT2D eigenvalue weighted by atomic mass is 17.2. The van der Waals surface area contributed by atoms with Crippen LogP contribution in [0, 0.1) is 10.4 Å². The lowest BCUT2D eigenvalue weighted by Gasteiger charge is -2.42. The number of rotatable bonds is 0. The highest BCUT2D eigenvalue weighted by molar-refractivity contribution is 4.01. The van der Waals surface area contributed by atoms with Crippen LogP contribution in [0.5, 0.6) is 0 Å². The van der Waals surface area contributed by atoms with E-state index in [0.29, 0.717) is 0 Å². The predicted octanol–water partition coefficient (Wildman–Crippen LogP) is -2.41. The van der Waals surface area contributed by atoms with E-state index in [1.54, 1.807) is 0 Å². The summed E-state index contributed by atoms with van der Waals surface area (Å²) in [5, 5.41) is 19.2. The van der Waals surface area contributed by atoms with Crippen LogP contribution in [0.1, 0.15) is 0 Å². The van der Waals surface area contributed by atoms with E-state index < -0.39 is 10.3 Å². The number of hydrogen-bond acceptors (Lipinski definition) is 4. The van der Waals surface area contributed by atoms with Crippen molar-refractivity contribution in [1.29, 1.82) is 0 Å². The van der Waals surface area contributed by atoms with Gasteiger partial charge in [-0.1, -0.05) is 0 Å². The average molecular weight is 107 g/mol. The summed E-state index contributed by atoms with van der Waals surface area (Å²) in [6.45, 7) is 0. The Labute approximate surface area is 39.5 Å². The average Bonchev–Trinajstić information content (AvgIpc) is 1.27. The maximum atomic E-state index is 10.2. The van der Waals surface area contributed by atoms with Gasteiger partial charge in [-0.25, -0.2) is 0 Å². The highest BCUT2D eigenvalue weighted by Crippen LogP contribution is 1.90. The standard InChI is InChI=1S/CH5N3O3/c1-4(6)2-3(5)7-4/h2-3H,1H3. The second-order valence-corrected chi connectivity index (χ2v) is 1.34. The maximum Gasteiger partial charge on any atom is 0.129 e. The summed E-state index contributed by atoms with van der Waals surface area (Å²) < 4.78 is 0. The van der Waals surface area contributed by atoms with E-state index in [-0.39, 0.29) is 0 Å². The van der Waals surface area contributed by atoms with E-state index in [1.165, 1.54) is 7.05 Å². The van der Waals surface area contributed by atoms with Gasteiger partial charge in [0.15, 0.2) is 0 Å². The second-order valence-electron chi connectivity index (χ2n) is 1.34. The zero-order chi connectivity index (χ0) is 5.49. The molecule has 0 saturated carbocycles. The Morgan fingerprint density at radius 2 is 2.29 bits per heavy atom. The number of hydrogen-bond donors (Lipinski definition) is 2. The van der Waals surface area contributed by atoms with E-state index in [2.05, 4.69) is 4.94 Å². The van der Waals surface area contributed by atoms with Gasteiger partial charge in [-0.2, -0.15) is 0 Å². The van der Waals surface area contributed by atoms with E-state index in [4.69, 9.17) is 0 Å². The van der Waals surface area contributed by atoms with Crippen molar-refractivity contribution in [3.8, 4) is 0 Å². The minimum Gasteiger partial charge on any atom is -0.571 e. The molecule has 1 heterocycles. The molecule has 0 bridgehead atoms. The SMILES string of the molecule is C[N+]1([O-])N[NH+]([O-])O1. The van der Waals surface area contributed by atoms with Gasteiger partial charge in [-0.05, 0) is 10.3 Å². The van der Waals surface area contributed by atoms with Crippen LogP contribution in [0.15, 0.2) is 0 Å². The van der Waals surface area contributed by atoms with Gasteiger partial charge in [0.1, 0.15) is 7.05 Å². The molecular weight excluding hydrogens is 102 g/mol. The predicted molar refractivity (Wildman–Crippen MR) is 18.1 cm³/mol. The van der Waals surface area contributed by atoms with Gasteiger partial charge >= 0.3 is 0 Å². The van der Waals surface area contributed by atoms with Gasteiger partial charge < -0.3 is 10.4 Å². The topological polar surface area (TPSA) is 71.8 Å². The molecule has 1 aliphatic heterocycles.